The van der Waals surface area contributed by atoms with Gasteiger partial charge in [-0.2, -0.15) is 33.0 Å². The molecule has 0 aromatic heterocycles. The van der Waals surface area contributed by atoms with Crippen LogP contribution >= 0.6 is 0 Å². The Kier molecular flexibility index (Phi) is 15.2. The minimum absolute atomic E-state index is 0. The van der Waals surface area contributed by atoms with E-state index in [0.717, 1.165) is 5.56 Å². The maximum atomic E-state index is 9.67. The summed E-state index contributed by atoms with van der Waals surface area (Å²) >= 11 is 0. The minimum Gasteiger partial charge on any atom is -0.264 e. The van der Waals surface area contributed by atoms with Gasteiger partial charge in [-0.3, -0.25) is 22.1 Å². The zero-order valence-electron chi connectivity index (χ0n) is 8.92. The normalized spacial score (nSPS) is 8.53. The molecular weight excluding hydrogens is 255 g/mol. The number of rotatable bonds is 0. The summed E-state index contributed by atoms with van der Waals surface area (Å²) in [5.41, 5.74) is 1.07. The minimum atomic E-state index is -4.67. The first-order valence-corrected chi connectivity index (χ1v) is 5.01. The van der Waals surface area contributed by atoms with Gasteiger partial charge in [0.05, 0.1) is 0 Å². The van der Waals surface area contributed by atoms with Gasteiger partial charge in [0.25, 0.3) is 0 Å². The fourth-order valence-corrected chi connectivity index (χ4v) is 0.478. The van der Waals surface area contributed by atoms with Crippen LogP contribution in [0.4, 0.5) is 12.9 Å². The average molecular weight is 264 g/mol. The first kappa shape index (κ1) is 21.7. The molecule has 92 valence electrons. The first-order chi connectivity index (χ1) is 7.13. The molecular formula is C7H9BF3LiO4S. The van der Waals surface area contributed by atoms with Crippen LogP contribution in [0, 0.1) is 6.92 Å². The summed E-state index contributed by atoms with van der Waals surface area (Å²) in [4.78, 5) is 0. The summed E-state index contributed by atoms with van der Waals surface area (Å²) in [5, 5.41) is 0. The van der Waals surface area contributed by atoms with Gasteiger partial charge in [-0.25, -0.2) is 0 Å². The zero-order valence-corrected chi connectivity index (χ0v) is 9.74. The summed E-state index contributed by atoms with van der Waals surface area (Å²) in [5.74, 6) is 0. The standard InChI is InChI=1S/C7H7.BF3.Li.H2O4S/c1-7-5-3-2-4-6-7;2-1(3)4;;1-5(2,3)4/h2-6H,1H2;;;(H2,1,2,3,4)/q-1;;+1;. The van der Waals surface area contributed by atoms with Crippen molar-refractivity contribution >= 4 is 17.9 Å². The van der Waals surface area contributed by atoms with Gasteiger partial charge in [0.2, 0.25) is 0 Å². The summed E-state index contributed by atoms with van der Waals surface area (Å²) < 4.78 is 60.6. The van der Waals surface area contributed by atoms with Crippen LogP contribution in [-0.2, 0) is 10.4 Å². The third-order valence-corrected chi connectivity index (χ3v) is 0.843. The average Bonchev–Trinajstić information content (AvgIpc) is 2.00. The molecule has 0 spiro atoms. The molecule has 1 rings (SSSR count). The first-order valence-electron chi connectivity index (χ1n) is 3.62. The van der Waals surface area contributed by atoms with Crippen LogP contribution in [0.3, 0.4) is 0 Å². The molecule has 0 atom stereocenters. The number of hydrogen-bond donors (Lipinski definition) is 2. The Labute approximate surface area is 110 Å². The van der Waals surface area contributed by atoms with Crippen molar-refractivity contribution in [3.8, 4) is 0 Å². The molecule has 0 bridgehead atoms. The molecule has 0 aliphatic heterocycles. The van der Waals surface area contributed by atoms with E-state index >= 15 is 0 Å². The van der Waals surface area contributed by atoms with Gasteiger partial charge >= 0.3 is 36.8 Å². The smallest absolute Gasteiger partial charge is 0.264 e. The number of hydrogen-bond acceptors (Lipinski definition) is 2. The second-order valence-electron chi connectivity index (χ2n) is 2.18. The van der Waals surface area contributed by atoms with E-state index in [0.29, 0.717) is 0 Å². The van der Waals surface area contributed by atoms with Crippen molar-refractivity contribution in [3.05, 3.63) is 42.8 Å². The molecule has 0 heterocycles. The zero-order chi connectivity index (χ0) is 13.2. The number of benzene rings is 1. The van der Waals surface area contributed by atoms with E-state index < -0.39 is 17.9 Å². The van der Waals surface area contributed by atoms with Gasteiger partial charge in [-0.1, -0.05) is 6.07 Å². The summed E-state index contributed by atoms with van der Waals surface area (Å²) in [7, 11) is -8.33. The monoisotopic (exact) mass is 264 g/mol. The molecule has 1 aromatic rings. The number of halogens is 3. The molecule has 0 unspecified atom stereocenters. The van der Waals surface area contributed by atoms with Gasteiger partial charge in [0.1, 0.15) is 0 Å². The van der Waals surface area contributed by atoms with Crippen molar-refractivity contribution in [2.75, 3.05) is 0 Å². The van der Waals surface area contributed by atoms with Crippen LogP contribution in [0.2, 0.25) is 0 Å². The van der Waals surface area contributed by atoms with Crippen LogP contribution in [0.15, 0.2) is 30.3 Å². The molecule has 1 aromatic carbocycles. The van der Waals surface area contributed by atoms with Gasteiger partial charge in [-0.15, -0.1) is 12.1 Å². The van der Waals surface area contributed by atoms with Crippen molar-refractivity contribution in [2.24, 2.45) is 0 Å². The van der Waals surface area contributed by atoms with E-state index in [1.165, 1.54) is 0 Å². The van der Waals surface area contributed by atoms with Crippen molar-refractivity contribution in [1.29, 1.82) is 0 Å². The van der Waals surface area contributed by atoms with Crippen LogP contribution in [0.5, 0.6) is 0 Å². The quantitative estimate of drug-likeness (QED) is 0.362. The second-order valence-corrected chi connectivity index (χ2v) is 3.08. The largest absolute Gasteiger partial charge is 1.00 e. The molecule has 0 amide bonds. The molecule has 0 aliphatic rings. The molecule has 0 radical (unpaired) electrons. The Hall–Kier alpha value is -0.588. The summed E-state index contributed by atoms with van der Waals surface area (Å²) in [6.45, 7) is 3.72. The van der Waals surface area contributed by atoms with Crippen molar-refractivity contribution in [1.82, 2.24) is 0 Å². The maximum Gasteiger partial charge on any atom is 1.00 e. The molecule has 0 saturated heterocycles. The third kappa shape index (κ3) is 50.5. The van der Waals surface area contributed by atoms with E-state index in [2.05, 4.69) is 6.92 Å². The summed E-state index contributed by atoms with van der Waals surface area (Å²) in [6, 6.07) is 9.87. The van der Waals surface area contributed by atoms with Crippen LogP contribution in [0.25, 0.3) is 0 Å². The SMILES string of the molecule is FB(F)F.O=S(=O)(O)O.[CH2-]c1ccccc1.[Li+]. The van der Waals surface area contributed by atoms with Gasteiger partial charge in [0, 0.05) is 0 Å². The van der Waals surface area contributed by atoms with E-state index in [1.807, 2.05) is 30.3 Å². The van der Waals surface area contributed by atoms with E-state index in [9.17, 15) is 12.9 Å². The predicted molar refractivity (Wildman–Crippen MR) is 54.2 cm³/mol. The van der Waals surface area contributed by atoms with Crippen LogP contribution in [-0.4, -0.2) is 25.1 Å². The molecule has 17 heavy (non-hydrogen) atoms. The van der Waals surface area contributed by atoms with Crippen LogP contribution in [0.1, 0.15) is 5.56 Å². The fourth-order valence-electron chi connectivity index (χ4n) is 0.478. The molecule has 0 aliphatic carbocycles. The van der Waals surface area contributed by atoms with E-state index in [1.54, 1.807) is 0 Å². The summed E-state index contributed by atoms with van der Waals surface area (Å²) in [6.07, 6.45) is 0. The fraction of sp³-hybridized carbons (Fsp3) is 0. The topological polar surface area (TPSA) is 74.6 Å². The van der Waals surface area contributed by atoms with Gasteiger partial charge in [-0.05, 0) is 0 Å². The molecule has 2 N–H and O–H groups in total. The van der Waals surface area contributed by atoms with Crippen LogP contribution < -0.4 is 18.9 Å². The Morgan fingerprint density at radius 1 is 1.06 bits per heavy atom. The van der Waals surface area contributed by atoms with Crippen molar-refractivity contribution in [2.45, 2.75) is 0 Å². The Morgan fingerprint density at radius 2 is 1.29 bits per heavy atom. The van der Waals surface area contributed by atoms with Crippen molar-refractivity contribution < 1.29 is 49.3 Å². The Morgan fingerprint density at radius 3 is 1.41 bits per heavy atom. The molecule has 0 saturated carbocycles. The van der Waals surface area contributed by atoms with E-state index in [-0.39, 0.29) is 18.9 Å². The van der Waals surface area contributed by atoms with Crippen molar-refractivity contribution in [3.63, 3.8) is 0 Å². The van der Waals surface area contributed by atoms with Gasteiger partial charge in [0.15, 0.2) is 0 Å². The Bertz CT molecular complexity index is 352. The van der Waals surface area contributed by atoms with E-state index in [4.69, 9.17) is 17.5 Å². The van der Waals surface area contributed by atoms with Gasteiger partial charge < -0.3 is 0 Å². The predicted octanol–water partition coefficient (Wildman–Crippen LogP) is -0.900. The maximum absolute atomic E-state index is 9.67. The molecule has 0 fully saturated rings. The molecule has 4 nitrogen and oxygen atoms in total. The second kappa shape index (κ2) is 11.9. The Balaban J connectivity index is -0.000000177. The third-order valence-electron chi connectivity index (χ3n) is 0.843. The molecule has 10 heteroatoms.